The highest BCUT2D eigenvalue weighted by atomic mass is 16.7. The fraction of sp³-hybridized carbons (Fsp3) is 0.938. The van der Waals surface area contributed by atoms with E-state index < -0.39 is 162 Å². The first kappa shape index (κ1) is 80.4. The highest BCUT2D eigenvalue weighted by Crippen LogP contribution is 2.40. The maximum absolute atomic E-state index is 13.5. The summed E-state index contributed by atoms with van der Waals surface area (Å²) in [6.45, 7) is 28.0. The number of rotatable bonds is 12. The third kappa shape index (κ3) is 20.8. The molecule has 0 radical (unpaired) electrons. The number of cyclic esters (lactones) is 2. The number of aliphatic hydroxyl groups is 9. The zero-order valence-electron chi connectivity index (χ0n) is 57.7. The molecule has 0 saturated carbocycles. The van der Waals surface area contributed by atoms with Crippen LogP contribution in [0.15, 0.2) is 0 Å². The summed E-state index contributed by atoms with van der Waals surface area (Å²) in [5, 5.41) is 113. The summed E-state index contributed by atoms with van der Waals surface area (Å²) >= 11 is 0. The number of carbonyl (C=O) groups is 4. The number of nitrogens with zero attached hydrogens (tertiary/aromatic N) is 4. The molecule has 25 nitrogen and oxygen atoms in total. The lowest BCUT2D eigenvalue weighted by atomic mass is 9.78. The second-order valence-electron chi connectivity index (χ2n) is 28.6. The number of aliphatic hydroxyl groups excluding tert-OH is 5. The molecule has 0 spiro atoms. The number of esters is 3. The van der Waals surface area contributed by atoms with Gasteiger partial charge in [-0.1, -0.05) is 41.5 Å². The van der Waals surface area contributed by atoms with Crippen molar-refractivity contribution in [1.82, 2.24) is 19.6 Å². The summed E-state index contributed by atoms with van der Waals surface area (Å²) in [7, 11) is 11.0. The van der Waals surface area contributed by atoms with Crippen LogP contribution in [0, 0.1) is 35.5 Å². The first-order valence-corrected chi connectivity index (χ1v) is 32.3. The van der Waals surface area contributed by atoms with Crippen LogP contribution in [0.1, 0.15) is 162 Å². The lowest BCUT2D eigenvalue weighted by Gasteiger charge is -2.47. The quantitative estimate of drug-likeness (QED) is 0.0990. The molecule has 89 heavy (non-hydrogen) atoms. The van der Waals surface area contributed by atoms with Crippen molar-refractivity contribution < 1.29 is 103 Å². The largest absolute Gasteiger partial charge is 0.481 e. The smallest absolute Gasteiger partial charge is 0.311 e. The third-order valence-electron chi connectivity index (χ3n) is 19.7. The second kappa shape index (κ2) is 33.5. The van der Waals surface area contributed by atoms with Crippen molar-refractivity contribution in [2.45, 2.75) is 295 Å². The van der Waals surface area contributed by atoms with Crippen molar-refractivity contribution in [3.05, 3.63) is 0 Å². The average molecular weight is 1280 g/mol. The minimum atomic E-state index is -1.80. The Balaban J connectivity index is 0.000000471. The van der Waals surface area contributed by atoms with Gasteiger partial charge in [-0.25, -0.2) is 0 Å². The maximum Gasteiger partial charge on any atom is 0.311 e. The minimum Gasteiger partial charge on any atom is -0.481 e. The Morgan fingerprint density at radius 3 is 1.29 bits per heavy atom. The Hall–Kier alpha value is -2.80. The monoisotopic (exact) mass is 1280 g/mol. The Kier molecular flexibility index (Phi) is 30.3. The van der Waals surface area contributed by atoms with Gasteiger partial charge in [-0.3, -0.25) is 19.2 Å². The van der Waals surface area contributed by atoms with Crippen LogP contribution in [-0.4, -0.2) is 282 Å². The molecule has 4 heterocycles. The maximum atomic E-state index is 13.5. The topological polar surface area (TPSA) is 348 Å². The van der Waals surface area contributed by atoms with E-state index in [1.165, 1.54) is 27.7 Å². The van der Waals surface area contributed by atoms with E-state index in [0.717, 1.165) is 0 Å². The number of likely N-dealkylation sites (N-methyl/N-ethyl adjacent to an activating group) is 4. The molecule has 4 aliphatic rings. The summed E-state index contributed by atoms with van der Waals surface area (Å²) in [4.78, 5) is 58.2. The summed E-state index contributed by atoms with van der Waals surface area (Å²) in [5.41, 5.74) is -6.67. The fourth-order valence-electron chi connectivity index (χ4n) is 14.0. The van der Waals surface area contributed by atoms with Crippen LogP contribution in [0.5, 0.6) is 0 Å². The van der Waals surface area contributed by atoms with Crippen LogP contribution in [0.25, 0.3) is 0 Å². The Labute approximate surface area is 530 Å². The van der Waals surface area contributed by atoms with Crippen molar-refractivity contribution in [1.29, 1.82) is 0 Å². The number of hydrogen-bond acceptors (Lipinski definition) is 24. The summed E-state index contributed by atoms with van der Waals surface area (Å²) in [5.74, 6) is -7.54. The van der Waals surface area contributed by atoms with E-state index in [1.54, 1.807) is 62.4 Å². The first-order valence-electron chi connectivity index (χ1n) is 32.3. The van der Waals surface area contributed by atoms with E-state index in [-0.39, 0.29) is 68.2 Å². The molecule has 522 valence electrons. The molecule has 28 atom stereocenters. The van der Waals surface area contributed by atoms with Crippen LogP contribution < -0.4 is 0 Å². The van der Waals surface area contributed by atoms with E-state index in [4.69, 9.17) is 38.3 Å². The van der Waals surface area contributed by atoms with Gasteiger partial charge in [0.05, 0.1) is 78.5 Å². The van der Waals surface area contributed by atoms with E-state index in [1.807, 2.05) is 82.5 Å². The molecular formula is C64H120N4O21. The van der Waals surface area contributed by atoms with Crippen LogP contribution >= 0.6 is 0 Å². The fourth-order valence-corrected chi connectivity index (χ4v) is 14.0. The molecule has 25 heteroatoms. The SMILES string of the molecule is CC[C@H]1OC(=O)[C@H](C)[C@@H](O)[C@H](C)[C@@H](O[C@@H]2O[C@H](C)C[C@H](N(C)C)[C@H]2O)[C@](C)(O)C[C@@H](C)CN(C)[C@H](C)[C@@H](O)[C@]1(C)O.CC[C@H]1OC(=O)[C@H](C)[C@@H](O)[C@H](C)[C@@H](O[C@@H]2O[C@H](C)C[C@H](N(C)C)[C@H]2OC(=O)CCC(=O)O)[C@](C)(O)C[C@@H](C)CN(C)[C@H](C)[C@@H](O)[C@]1(C)O. The Morgan fingerprint density at radius 1 is 0.573 bits per heavy atom. The molecule has 4 rings (SSSR count). The van der Waals surface area contributed by atoms with Crippen molar-refractivity contribution >= 4 is 23.9 Å². The van der Waals surface area contributed by atoms with Gasteiger partial charge in [0, 0.05) is 43.1 Å². The lowest BCUT2D eigenvalue weighted by Crippen LogP contribution is -2.60. The van der Waals surface area contributed by atoms with Crippen molar-refractivity contribution in [3.8, 4) is 0 Å². The number of carboxylic acids is 1. The molecule has 4 saturated heterocycles. The first-order chi connectivity index (χ1) is 40.8. The molecule has 4 fully saturated rings. The molecule has 10 N–H and O–H groups in total. The van der Waals surface area contributed by atoms with E-state index in [9.17, 15) is 65.1 Å². The van der Waals surface area contributed by atoms with Gasteiger partial charge in [0.25, 0.3) is 0 Å². The molecule has 0 amide bonds. The van der Waals surface area contributed by atoms with Crippen molar-refractivity contribution in [2.75, 3.05) is 55.4 Å². The van der Waals surface area contributed by atoms with E-state index in [0.29, 0.717) is 25.9 Å². The molecule has 0 bridgehead atoms. The number of aliphatic carboxylic acids is 1. The molecule has 4 aliphatic heterocycles. The van der Waals surface area contributed by atoms with Gasteiger partial charge in [0.2, 0.25) is 0 Å². The highest BCUT2D eigenvalue weighted by Gasteiger charge is 2.53. The lowest BCUT2D eigenvalue weighted by molar-refractivity contribution is -0.301. The molecule has 0 aromatic rings. The van der Waals surface area contributed by atoms with Crippen molar-refractivity contribution in [3.63, 3.8) is 0 Å². The standard InChI is InChI=1S/C34H62N2O12.C30H58N2O9/c1-12-24-34(8,44)29(41)22(6)36(11)17-18(2)16-33(7,43)30(20(4)27(40)21(5)31(42)46-24)48-32-28(47-26(39)14-13-25(37)38)23(35(9)10)15-19(3)45-32;1-12-22-30(8,38)25(35)20(6)32(11)15-16(2)14-29(7,37)26(18(4)23(33)19(5)27(36)40-22)41-28-24(34)21(31(9)10)13-17(3)39-28/h18-24,27-30,32,40-41,43-44H,12-17H2,1-11H3,(H,37,38);16-26,28,33-35,37-38H,12-15H2,1-11H3/t18-,19-,20+,21-,22-,23+,24-,27+,28-,29-,30-,32+,33-,34-;16-,17-,18+,19-,20-,21+,22-,23+,24-,25-,26-,28+,29-,30-/m11/s1. The van der Waals surface area contributed by atoms with Gasteiger partial charge < -0.3 is 104 Å². The number of hydrogen-bond donors (Lipinski definition) is 10. The minimum absolute atomic E-state index is 0.0990. The van der Waals surface area contributed by atoms with Crippen molar-refractivity contribution in [2.24, 2.45) is 35.5 Å². The predicted octanol–water partition coefficient (Wildman–Crippen LogP) is 2.37. The molecular weight excluding hydrogens is 1160 g/mol. The zero-order chi connectivity index (χ0) is 68.5. The van der Waals surface area contributed by atoms with Gasteiger partial charge in [-0.2, -0.15) is 0 Å². The van der Waals surface area contributed by atoms with E-state index in [2.05, 4.69) is 0 Å². The average Bonchev–Trinajstić information content (AvgIpc) is 2.20. The van der Waals surface area contributed by atoms with Crippen LogP contribution in [0.4, 0.5) is 0 Å². The van der Waals surface area contributed by atoms with Crippen LogP contribution in [0.3, 0.4) is 0 Å². The van der Waals surface area contributed by atoms with Crippen LogP contribution in [-0.2, 0) is 52.3 Å². The normalized spacial score (nSPS) is 45.4. The highest BCUT2D eigenvalue weighted by molar-refractivity contribution is 5.76. The van der Waals surface area contributed by atoms with Gasteiger partial charge >= 0.3 is 23.9 Å². The van der Waals surface area contributed by atoms with Crippen LogP contribution in [0.2, 0.25) is 0 Å². The zero-order valence-corrected chi connectivity index (χ0v) is 57.7. The predicted molar refractivity (Wildman–Crippen MR) is 331 cm³/mol. The van der Waals surface area contributed by atoms with Gasteiger partial charge in [0.15, 0.2) is 18.7 Å². The second-order valence-corrected chi connectivity index (χ2v) is 28.6. The van der Waals surface area contributed by atoms with Gasteiger partial charge in [0.1, 0.15) is 41.7 Å². The number of carboxylic acid groups (broad SMARTS) is 1. The van der Waals surface area contributed by atoms with Gasteiger partial charge in [-0.05, 0) is 162 Å². The van der Waals surface area contributed by atoms with Gasteiger partial charge in [-0.15, -0.1) is 0 Å². The summed E-state index contributed by atoms with van der Waals surface area (Å²) < 4.78 is 42.4. The summed E-state index contributed by atoms with van der Waals surface area (Å²) in [6, 6.07) is -1.67. The molecule has 0 aromatic heterocycles. The molecule has 0 aliphatic carbocycles. The summed E-state index contributed by atoms with van der Waals surface area (Å²) in [6.07, 6.45) is -13.1. The number of carbonyl (C=O) groups excluding carboxylic acids is 3. The molecule has 0 aromatic carbocycles. The Morgan fingerprint density at radius 2 is 0.933 bits per heavy atom. The Bertz CT molecular complexity index is 2210. The molecule has 0 unspecified atom stereocenters. The van der Waals surface area contributed by atoms with E-state index >= 15 is 0 Å². The third-order valence-corrected chi connectivity index (χ3v) is 19.7. The number of ether oxygens (including phenoxy) is 7.